The van der Waals surface area contributed by atoms with Gasteiger partial charge in [0.05, 0.1) is 6.54 Å². The van der Waals surface area contributed by atoms with Gasteiger partial charge in [0.2, 0.25) is 0 Å². The molecule has 0 aliphatic heterocycles. The van der Waals surface area contributed by atoms with E-state index < -0.39 is 0 Å². The van der Waals surface area contributed by atoms with Crippen molar-refractivity contribution in [3.05, 3.63) is 107 Å². The Balaban J connectivity index is 1.56. The van der Waals surface area contributed by atoms with E-state index in [9.17, 15) is 4.79 Å². The van der Waals surface area contributed by atoms with Crippen LogP contribution in [-0.4, -0.2) is 16.1 Å². The molecule has 5 heteroatoms. The van der Waals surface area contributed by atoms with Gasteiger partial charge in [0.1, 0.15) is 5.69 Å². The molecule has 0 aliphatic rings. The summed E-state index contributed by atoms with van der Waals surface area (Å²) in [6.45, 7) is 4.90. The van der Waals surface area contributed by atoms with Crippen LogP contribution in [0.1, 0.15) is 22.4 Å². The van der Waals surface area contributed by atoms with Crippen LogP contribution in [0.15, 0.2) is 89.5 Å². The summed E-state index contributed by atoms with van der Waals surface area (Å²) in [6.07, 6.45) is 0. The van der Waals surface area contributed by atoms with Crippen molar-refractivity contribution in [2.75, 3.05) is 5.32 Å². The van der Waals surface area contributed by atoms with Crippen LogP contribution in [0.4, 0.5) is 10.5 Å². The molecule has 3 aromatic carbocycles. The van der Waals surface area contributed by atoms with Gasteiger partial charge >= 0.3 is 6.03 Å². The van der Waals surface area contributed by atoms with Crippen molar-refractivity contribution in [3.8, 4) is 11.3 Å². The number of urea groups is 1. The third kappa shape index (κ3) is 5.20. The minimum absolute atomic E-state index is 0.189. The number of nitrogens with one attached hydrogen (secondary N) is 1. The van der Waals surface area contributed by atoms with E-state index in [0.29, 0.717) is 24.5 Å². The third-order valence-corrected chi connectivity index (χ3v) is 5.10. The molecule has 0 atom stereocenters. The van der Waals surface area contributed by atoms with Crippen LogP contribution in [-0.2, 0) is 13.1 Å². The number of anilines is 1. The third-order valence-electron chi connectivity index (χ3n) is 5.10. The quantitative estimate of drug-likeness (QED) is 0.411. The predicted molar refractivity (Wildman–Crippen MR) is 123 cm³/mol. The molecule has 1 aromatic heterocycles. The summed E-state index contributed by atoms with van der Waals surface area (Å²) < 4.78 is 5.63. The minimum atomic E-state index is -0.189. The van der Waals surface area contributed by atoms with Gasteiger partial charge in [-0.15, -0.1) is 0 Å². The fourth-order valence-corrected chi connectivity index (χ4v) is 3.44. The molecule has 0 saturated carbocycles. The maximum absolute atomic E-state index is 13.1. The first kappa shape index (κ1) is 20.4. The maximum atomic E-state index is 13.1. The molecule has 156 valence electrons. The average Bonchev–Trinajstić information content (AvgIpc) is 3.25. The second-order valence-electron chi connectivity index (χ2n) is 7.64. The molecule has 2 amide bonds. The van der Waals surface area contributed by atoms with Gasteiger partial charge in [0, 0.05) is 23.9 Å². The van der Waals surface area contributed by atoms with E-state index in [1.165, 1.54) is 0 Å². The molecular formula is C26H25N3O2. The number of benzene rings is 3. The summed E-state index contributed by atoms with van der Waals surface area (Å²) in [6, 6.07) is 27.3. The normalized spacial score (nSPS) is 10.6. The standard InChI is InChI=1S/C26H25N3O2/c1-19-13-14-20(2)24(15-19)25-16-23(28-31-25)18-29(17-21-9-5-3-6-10-21)26(30)27-22-11-7-4-8-12-22/h3-16H,17-18H2,1-2H3,(H,27,30). The van der Waals surface area contributed by atoms with E-state index >= 15 is 0 Å². The number of nitrogens with zero attached hydrogens (tertiary/aromatic N) is 2. The number of hydrogen-bond acceptors (Lipinski definition) is 3. The van der Waals surface area contributed by atoms with Gasteiger partial charge in [-0.1, -0.05) is 71.4 Å². The average molecular weight is 412 g/mol. The van der Waals surface area contributed by atoms with E-state index in [0.717, 1.165) is 27.9 Å². The number of aromatic nitrogens is 1. The van der Waals surface area contributed by atoms with Crippen molar-refractivity contribution in [2.45, 2.75) is 26.9 Å². The molecule has 0 radical (unpaired) electrons. The van der Waals surface area contributed by atoms with Gasteiger partial charge < -0.3 is 14.7 Å². The van der Waals surface area contributed by atoms with E-state index in [4.69, 9.17) is 4.52 Å². The van der Waals surface area contributed by atoms with Crippen molar-refractivity contribution in [3.63, 3.8) is 0 Å². The second-order valence-corrected chi connectivity index (χ2v) is 7.64. The first-order valence-corrected chi connectivity index (χ1v) is 10.3. The highest BCUT2D eigenvalue weighted by atomic mass is 16.5. The molecule has 0 aliphatic carbocycles. The molecule has 0 spiro atoms. The SMILES string of the molecule is Cc1ccc(C)c(-c2cc(CN(Cc3ccccc3)C(=O)Nc3ccccc3)no2)c1. The molecule has 0 fully saturated rings. The minimum Gasteiger partial charge on any atom is -0.356 e. The topological polar surface area (TPSA) is 58.4 Å². The summed E-state index contributed by atoms with van der Waals surface area (Å²) in [5.74, 6) is 0.708. The largest absolute Gasteiger partial charge is 0.356 e. The van der Waals surface area contributed by atoms with E-state index in [1.807, 2.05) is 73.7 Å². The second kappa shape index (κ2) is 9.30. The van der Waals surface area contributed by atoms with Crippen LogP contribution in [0.2, 0.25) is 0 Å². The number of rotatable bonds is 6. The smallest absolute Gasteiger partial charge is 0.322 e. The lowest BCUT2D eigenvalue weighted by Gasteiger charge is -2.22. The van der Waals surface area contributed by atoms with E-state index in [1.54, 1.807) is 4.90 Å². The summed E-state index contributed by atoms with van der Waals surface area (Å²) in [5, 5.41) is 7.20. The first-order chi connectivity index (χ1) is 15.1. The summed E-state index contributed by atoms with van der Waals surface area (Å²) in [7, 11) is 0. The monoisotopic (exact) mass is 411 g/mol. The maximum Gasteiger partial charge on any atom is 0.322 e. The highest BCUT2D eigenvalue weighted by molar-refractivity contribution is 5.89. The fraction of sp³-hybridized carbons (Fsp3) is 0.154. The zero-order valence-corrected chi connectivity index (χ0v) is 17.7. The molecule has 31 heavy (non-hydrogen) atoms. The van der Waals surface area contributed by atoms with Gasteiger partial charge in [0.25, 0.3) is 0 Å². The fourth-order valence-electron chi connectivity index (χ4n) is 3.44. The van der Waals surface area contributed by atoms with E-state index in [2.05, 4.69) is 35.6 Å². The lowest BCUT2D eigenvalue weighted by Crippen LogP contribution is -2.34. The van der Waals surface area contributed by atoms with Gasteiger partial charge in [-0.05, 0) is 43.2 Å². The lowest BCUT2D eigenvalue weighted by molar-refractivity contribution is 0.204. The van der Waals surface area contributed by atoms with Crippen LogP contribution >= 0.6 is 0 Å². The number of para-hydroxylation sites is 1. The molecule has 1 N–H and O–H groups in total. The van der Waals surface area contributed by atoms with Crippen molar-refractivity contribution >= 4 is 11.7 Å². The number of hydrogen-bond donors (Lipinski definition) is 1. The van der Waals surface area contributed by atoms with Crippen LogP contribution in [0.25, 0.3) is 11.3 Å². The number of carbonyl (C=O) groups is 1. The van der Waals surface area contributed by atoms with Gasteiger partial charge in [-0.2, -0.15) is 0 Å². The number of amides is 2. The van der Waals surface area contributed by atoms with E-state index in [-0.39, 0.29) is 6.03 Å². The van der Waals surface area contributed by atoms with Crippen LogP contribution in [0.3, 0.4) is 0 Å². The Bertz CT molecular complexity index is 1150. The van der Waals surface area contributed by atoms with Crippen molar-refractivity contribution < 1.29 is 9.32 Å². The molecule has 5 nitrogen and oxygen atoms in total. The van der Waals surface area contributed by atoms with Crippen molar-refractivity contribution in [2.24, 2.45) is 0 Å². The number of carbonyl (C=O) groups excluding carboxylic acids is 1. The lowest BCUT2D eigenvalue weighted by atomic mass is 10.0. The summed E-state index contributed by atoms with van der Waals surface area (Å²) in [5.41, 5.74) is 5.80. The summed E-state index contributed by atoms with van der Waals surface area (Å²) in [4.78, 5) is 14.8. The Kier molecular flexibility index (Phi) is 6.13. The zero-order valence-electron chi connectivity index (χ0n) is 17.7. The van der Waals surface area contributed by atoms with Crippen molar-refractivity contribution in [1.29, 1.82) is 0 Å². The Hall–Kier alpha value is -3.86. The molecule has 4 aromatic rings. The first-order valence-electron chi connectivity index (χ1n) is 10.3. The molecule has 0 saturated heterocycles. The zero-order chi connectivity index (χ0) is 21.6. The molecule has 0 bridgehead atoms. The molecule has 1 heterocycles. The van der Waals surface area contributed by atoms with Crippen LogP contribution < -0.4 is 5.32 Å². The number of aryl methyl sites for hydroxylation is 2. The summed E-state index contributed by atoms with van der Waals surface area (Å²) >= 11 is 0. The highest BCUT2D eigenvalue weighted by Crippen LogP contribution is 2.26. The van der Waals surface area contributed by atoms with Crippen LogP contribution in [0, 0.1) is 13.8 Å². The predicted octanol–water partition coefficient (Wildman–Crippen LogP) is 6.19. The van der Waals surface area contributed by atoms with Gasteiger partial charge in [-0.25, -0.2) is 4.79 Å². The van der Waals surface area contributed by atoms with Gasteiger partial charge in [0.15, 0.2) is 5.76 Å². The van der Waals surface area contributed by atoms with Crippen LogP contribution in [0.5, 0.6) is 0 Å². The Labute approximate surface area is 182 Å². The molecular weight excluding hydrogens is 386 g/mol. The molecule has 0 unspecified atom stereocenters. The Morgan fingerprint density at radius 1 is 0.903 bits per heavy atom. The van der Waals surface area contributed by atoms with Crippen molar-refractivity contribution in [1.82, 2.24) is 10.1 Å². The Morgan fingerprint density at radius 2 is 1.61 bits per heavy atom. The molecule has 4 rings (SSSR count). The van der Waals surface area contributed by atoms with Gasteiger partial charge in [-0.3, -0.25) is 0 Å². The Morgan fingerprint density at radius 3 is 2.35 bits per heavy atom. The highest BCUT2D eigenvalue weighted by Gasteiger charge is 2.18.